The Morgan fingerprint density at radius 1 is 1.20 bits per heavy atom. The molecule has 1 aromatic heterocycles. The summed E-state index contributed by atoms with van der Waals surface area (Å²) in [6, 6.07) is 7.50. The number of benzene rings is 2. The molecule has 0 amide bonds. The van der Waals surface area contributed by atoms with Crippen LogP contribution in [0.3, 0.4) is 0 Å². The third-order valence-corrected chi connectivity index (χ3v) is 4.33. The van der Waals surface area contributed by atoms with Crippen LogP contribution in [0.25, 0.3) is 10.2 Å². The van der Waals surface area contributed by atoms with E-state index in [9.17, 15) is 8.78 Å². The highest BCUT2D eigenvalue weighted by Gasteiger charge is 2.12. The van der Waals surface area contributed by atoms with Gasteiger partial charge in [-0.1, -0.05) is 38.9 Å². The molecule has 0 fully saturated rings. The summed E-state index contributed by atoms with van der Waals surface area (Å²) in [5, 5.41) is 3.26. The number of nitrogens with zero attached hydrogens (tertiary/aromatic N) is 1. The summed E-state index contributed by atoms with van der Waals surface area (Å²) >= 11 is 10.6. The predicted molar refractivity (Wildman–Crippen MR) is 82.0 cm³/mol. The second-order valence-corrected chi connectivity index (χ2v) is 6.35. The second-order valence-electron chi connectivity index (χ2n) is 4.00. The van der Waals surface area contributed by atoms with Gasteiger partial charge in [0.1, 0.15) is 5.82 Å². The van der Waals surface area contributed by atoms with Gasteiger partial charge in [0.2, 0.25) is 0 Å². The summed E-state index contributed by atoms with van der Waals surface area (Å²) in [5.74, 6) is -1.47. The maximum absolute atomic E-state index is 13.7. The molecule has 1 heterocycles. The van der Waals surface area contributed by atoms with Gasteiger partial charge in [0.05, 0.1) is 20.9 Å². The Morgan fingerprint density at radius 3 is 2.75 bits per heavy atom. The molecule has 0 radical (unpaired) electrons. The van der Waals surface area contributed by atoms with Crippen molar-refractivity contribution in [3.8, 4) is 0 Å². The minimum absolute atomic E-state index is 0.0196. The lowest BCUT2D eigenvalue weighted by Crippen LogP contribution is -1.95. The SMILES string of the molecule is Fc1cc(F)c(Nc2nc3cc(Br)ccc3s2)c(Cl)c1. The van der Waals surface area contributed by atoms with Gasteiger partial charge in [0.25, 0.3) is 0 Å². The molecular formula is C13H6BrClF2N2S. The van der Waals surface area contributed by atoms with Crippen molar-refractivity contribution in [1.82, 2.24) is 4.98 Å². The number of hydrogen-bond acceptors (Lipinski definition) is 3. The van der Waals surface area contributed by atoms with Gasteiger partial charge in [0, 0.05) is 10.5 Å². The Kier molecular flexibility index (Phi) is 3.62. The van der Waals surface area contributed by atoms with E-state index in [0.717, 1.165) is 26.8 Å². The van der Waals surface area contributed by atoms with Gasteiger partial charge in [-0.25, -0.2) is 13.8 Å². The first-order valence-electron chi connectivity index (χ1n) is 5.50. The maximum atomic E-state index is 13.7. The fourth-order valence-electron chi connectivity index (χ4n) is 1.72. The van der Waals surface area contributed by atoms with Gasteiger partial charge < -0.3 is 5.32 Å². The van der Waals surface area contributed by atoms with Gasteiger partial charge in [0.15, 0.2) is 10.9 Å². The van der Waals surface area contributed by atoms with Crippen molar-refractivity contribution in [3.05, 3.63) is 51.5 Å². The van der Waals surface area contributed by atoms with Crippen molar-refractivity contribution in [1.29, 1.82) is 0 Å². The number of fused-ring (bicyclic) bond motifs is 1. The largest absolute Gasteiger partial charge is 0.328 e. The van der Waals surface area contributed by atoms with Crippen LogP contribution in [0.15, 0.2) is 34.8 Å². The Labute approximate surface area is 130 Å². The standard InChI is InChI=1S/C13H6BrClF2N2S/c14-6-1-2-11-10(3-6)18-13(20-11)19-12-8(15)4-7(16)5-9(12)17/h1-5H,(H,18,19). The summed E-state index contributed by atoms with van der Waals surface area (Å²) in [6.07, 6.45) is 0. The zero-order valence-electron chi connectivity index (χ0n) is 9.75. The number of hydrogen-bond donors (Lipinski definition) is 1. The molecule has 7 heteroatoms. The van der Waals surface area contributed by atoms with Crippen LogP contribution in [0.5, 0.6) is 0 Å². The van der Waals surface area contributed by atoms with Gasteiger partial charge in [-0.2, -0.15) is 0 Å². The van der Waals surface area contributed by atoms with E-state index in [2.05, 4.69) is 26.2 Å². The van der Waals surface area contributed by atoms with Crippen molar-refractivity contribution >= 4 is 59.9 Å². The third kappa shape index (κ3) is 2.63. The second kappa shape index (κ2) is 5.27. The highest BCUT2D eigenvalue weighted by atomic mass is 79.9. The van der Waals surface area contributed by atoms with Crippen LogP contribution in [-0.4, -0.2) is 4.98 Å². The van der Waals surface area contributed by atoms with Crippen molar-refractivity contribution < 1.29 is 8.78 Å². The minimum Gasteiger partial charge on any atom is -0.328 e. The average molecular weight is 376 g/mol. The fraction of sp³-hybridized carbons (Fsp3) is 0. The molecule has 0 spiro atoms. The van der Waals surface area contributed by atoms with E-state index in [-0.39, 0.29) is 10.7 Å². The van der Waals surface area contributed by atoms with E-state index in [1.54, 1.807) is 0 Å². The highest BCUT2D eigenvalue weighted by molar-refractivity contribution is 9.10. The summed E-state index contributed by atoms with van der Waals surface area (Å²) in [4.78, 5) is 4.33. The van der Waals surface area contributed by atoms with E-state index in [0.29, 0.717) is 5.13 Å². The summed E-state index contributed by atoms with van der Waals surface area (Å²) < 4.78 is 28.6. The lowest BCUT2D eigenvalue weighted by atomic mass is 10.3. The number of halogens is 4. The van der Waals surface area contributed by atoms with Gasteiger partial charge in [-0.05, 0) is 24.3 Å². The first kappa shape index (κ1) is 13.7. The van der Waals surface area contributed by atoms with Crippen LogP contribution in [0.2, 0.25) is 5.02 Å². The average Bonchev–Trinajstić information content (AvgIpc) is 2.75. The molecular weight excluding hydrogens is 370 g/mol. The number of aromatic nitrogens is 1. The zero-order valence-corrected chi connectivity index (χ0v) is 12.9. The lowest BCUT2D eigenvalue weighted by Gasteiger charge is -2.06. The Bertz CT molecular complexity index is 783. The molecule has 1 N–H and O–H groups in total. The first-order chi connectivity index (χ1) is 9.52. The molecule has 0 saturated carbocycles. The third-order valence-electron chi connectivity index (χ3n) is 2.59. The van der Waals surface area contributed by atoms with Crippen LogP contribution >= 0.6 is 38.9 Å². The molecule has 2 nitrogen and oxygen atoms in total. The number of rotatable bonds is 2. The zero-order chi connectivity index (χ0) is 14.3. The van der Waals surface area contributed by atoms with E-state index < -0.39 is 11.6 Å². The van der Waals surface area contributed by atoms with Gasteiger partial charge >= 0.3 is 0 Å². The summed E-state index contributed by atoms with van der Waals surface area (Å²) in [6.45, 7) is 0. The molecule has 3 rings (SSSR count). The van der Waals surface area contributed by atoms with Crippen LogP contribution in [0, 0.1) is 11.6 Å². The maximum Gasteiger partial charge on any atom is 0.188 e. The smallest absolute Gasteiger partial charge is 0.188 e. The lowest BCUT2D eigenvalue weighted by molar-refractivity contribution is 0.586. The molecule has 0 unspecified atom stereocenters. The monoisotopic (exact) mass is 374 g/mol. The molecule has 2 aromatic carbocycles. The van der Waals surface area contributed by atoms with Crippen molar-refractivity contribution in [2.45, 2.75) is 0 Å². The minimum atomic E-state index is -0.754. The highest BCUT2D eigenvalue weighted by Crippen LogP contribution is 2.34. The quantitative estimate of drug-likeness (QED) is 0.618. The van der Waals surface area contributed by atoms with E-state index in [1.807, 2.05) is 18.2 Å². The number of nitrogens with one attached hydrogen (secondary N) is 1. The Morgan fingerprint density at radius 2 is 2.00 bits per heavy atom. The molecule has 102 valence electrons. The van der Waals surface area contributed by atoms with Crippen molar-refractivity contribution in [2.75, 3.05) is 5.32 Å². The summed E-state index contributed by atoms with van der Waals surface area (Å²) in [7, 11) is 0. The molecule has 20 heavy (non-hydrogen) atoms. The number of anilines is 2. The van der Waals surface area contributed by atoms with Crippen LogP contribution in [-0.2, 0) is 0 Å². The Hall–Kier alpha value is -1.24. The molecule has 0 aliphatic heterocycles. The fourth-order valence-corrected chi connectivity index (χ4v) is 3.16. The first-order valence-corrected chi connectivity index (χ1v) is 7.49. The number of thiazole rings is 1. The molecule has 0 aliphatic carbocycles. The topological polar surface area (TPSA) is 24.9 Å². The normalized spacial score (nSPS) is 11.0. The van der Waals surface area contributed by atoms with Crippen molar-refractivity contribution in [3.63, 3.8) is 0 Å². The molecule has 0 saturated heterocycles. The van der Waals surface area contributed by atoms with Gasteiger partial charge in [-0.3, -0.25) is 0 Å². The van der Waals surface area contributed by atoms with Crippen LogP contribution in [0.4, 0.5) is 19.6 Å². The van der Waals surface area contributed by atoms with Crippen LogP contribution in [0.1, 0.15) is 0 Å². The molecule has 0 bridgehead atoms. The molecule has 0 atom stereocenters. The van der Waals surface area contributed by atoms with Gasteiger partial charge in [-0.15, -0.1) is 0 Å². The molecule has 3 aromatic rings. The predicted octanol–water partition coefficient (Wildman–Crippen LogP) is 5.73. The van der Waals surface area contributed by atoms with E-state index in [4.69, 9.17) is 11.6 Å². The van der Waals surface area contributed by atoms with Crippen molar-refractivity contribution in [2.24, 2.45) is 0 Å². The van der Waals surface area contributed by atoms with E-state index >= 15 is 0 Å². The summed E-state index contributed by atoms with van der Waals surface area (Å²) in [5.41, 5.74) is 0.803. The Balaban J connectivity index is 2.01. The van der Waals surface area contributed by atoms with E-state index in [1.165, 1.54) is 11.3 Å². The van der Waals surface area contributed by atoms with Crippen LogP contribution < -0.4 is 5.32 Å². The molecule has 0 aliphatic rings.